The predicted octanol–water partition coefficient (Wildman–Crippen LogP) is 2.22. The van der Waals surface area contributed by atoms with E-state index in [1.54, 1.807) is 0 Å². The molecule has 0 aliphatic carbocycles. The third-order valence-corrected chi connectivity index (χ3v) is 16.2. The molecule has 72 valence electrons. The van der Waals surface area contributed by atoms with Crippen molar-refractivity contribution in [1.29, 1.82) is 0 Å². The molecule has 1 fully saturated rings. The first-order valence-corrected chi connectivity index (χ1v) is 12.1. The highest BCUT2D eigenvalue weighted by Crippen LogP contribution is 2.71. The van der Waals surface area contributed by atoms with Gasteiger partial charge in [0.1, 0.15) is 0 Å². The summed E-state index contributed by atoms with van der Waals surface area (Å²) in [4.78, 5) is 0. The molecule has 12 heavy (non-hydrogen) atoms. The first-order valence-electron chi connectivity index (χ1n) is 3.71. The van der Waals surface area contributed by atoms with Crippen LogP contribution < -0.4 is 0 Å². The van der Waals surface area contributed by atoms with Gasteiger partial charge in [0.05, 0.1) is 11.0 Å². The van der Waals surface area contributed by atoms with E-state index in [1.807, 2.05) is 6.92 Å². The fourth-order valence-corrected chi connectivity index (χ4v) is 10.4. The summed E-state index contributed by atoms with van der Waals surface area (Å²) >= 11 is 0. The molecule has 0 aromatic rings. The van der Waals surface area contributed by atoms with Crippen LogP contribution in [0.5, 0.6) is 0 Å². The first-order chi connectivity index (χ1) is 5.49. The van der Waals surface area contributed by atoms with Crippen molar-refractivity contribution in [2.24, 2.45) is 0 Å². The molecule has 7 heteroatoms. The van der Waals surface area contributed by atoms with Crippen LogP contribution in [0.15, 0.2) is 0 Å². The van der Waals surface area contributed by atoms with E-state index in [2.05, 4.69) is 17.9 Å². The van der Waals surface area contributed by atoms with Gasteiger partial charge < -0.3 is 0 Å². The summed E-state index contributed by atoms with van der Waals surface area (Å²) in [5.74, 6) is 0.404. The van der Waals surface area contributed by atoms with Gasteiger partial charge in [-0.15, -0.1) is 17.9 Å². The maximum atomic E-state index is 11.4. The van der Waals surface area contributed by atoms with Crippen LogP contribution in [0.2, 0.25) is 0 Å². The molecular weight excluding hydrogens is 248 g/mol. The van der Waals surface area contributed by atoms with Gasteiger partial charge in [-0.3, -0.25) is 0 Å². The molecule has 0 amide bonds. The summed E-state index contributed by atoms with van der Waals surface area (Å²) in [7, 11) is 3.48. The van der Waals surface area contributed by atoms with Crippen LogP contribution >= 0.6 is 33.1 Å². The summed E-state index contributed by atoms with van der Waals surface area (Å²) in [6.07, 6.45) is 0.875. The molecule has 0 N–H and O–H groups in total. The highest BCUT2D eigenvalue weighted by atomic mass is 32.6. The van der Waals surface area contributed by atoms with Crippen molar-refractivity contribution in [3.05, 3.63) is 0 Å². The second kappa shape index (κ2) is 4.46. The lowest BCUT2D eigenvalue weighted by Gasteiger charge is -2.20. The molecule has 1 aliphatic heterocycles. The maximum Gasteiger partial charge on any atom is 0.153 e. The fraction of sp³-hybridized carbons (Fsp3) is 1.00. The Morgan fingerprint density at radius 3 is 2.50 bits per heavy atom. The maximum absolute atomic E-state index is 11.4. The predicted molar refractivity (Wildman–Crippen MR) is 66.3 cm³/mol. The Morgan fingerprint density at radius 2 is 2.17 bits per heavy atom. The van der Waals surface area contributed by atoms with Crippen molar-refractivity contribution in [1.82, 2.24) is 0 Å². The standard InChI is InChI=1S/C5H14O2P4S/c1-4-5(11(9)10-8)2-3-12(4,6)7/h4-5,10H,2-3,8-9H2,1H3/t4-,5-,11?/m1/s1. The van der Waals surface area contributed by atoms with Crippen LogP contribution in [0.4, 0.5) is 0 Å². The minimum absolute atomic E-state index is 0.103. The smallest absolute Gasteiger partial charge is 0.153 e. The number of rotatable bonds is 2. The third kappa shape index (κ3) is 2.37. The van der Waals surface area contributed by atoms with E-state index in [1.165, 1.54) is 0 Å². The molecule has 4 unspecified atom stereocenters. The van der Waals surface area contributed by atoms with Crippen molar-refractivity contribution >= 4 is 43.0 Å². The molecule has 6 atom stereocenters. The van der Waals surface area contributed by atoms with Gasteiger partial charge in [-0.05, 0) is 13.3 Å². The summed E-state index contributed by atoms with van der Waals surface area (Å²) in [6.45, 7) is 1.86. The van der Waals surface area contributed by atoms with Gasteiger partial charge >= 0.3 is 0 Å². The van der Waals surface area contributed by atoms with Crippen LogP contribution in [0.1, 0.15) is 13.3 Å². The molecule has 0 aromatic heterocycles. The van der Waals surface area contributed by atoms with Crippen LogP contribution in [0.3, 0.4) is 0 Å². The molecule has 0 bridgehead atoms. The summed E-state index contributed by atoms with van der Waals surface area (Å²) in [5.41, 5.74) is 0.422. The van der Waals surface area contributed by atoms with E-state index >= 15 is 0 Å². The Kier molecular flexibility index (Phi) is 4.36. The van der Waals surface area contributed by atoms with Gasteiger partial charge in [-0.25, -0.2) is 8.42 Å². The van der Waals surface area contributed by atoms with Gasteiger partial charge in [-0.2, -0.15) is 0 Å². The second-order valence-electron chi connectivity index (χ2n) is 2.96. The molecular formula is C5H14O2P4S. The van der Waals surface area contributed by atoms with Crippen molar-refractivity contribution < 1.29 is 8.42 Å². The summed E-state index contributed by atoms with van der Waals surface area (Å²) in [5, 5.41) is -0.103. The molecule has 0 radical (unpaired) electrons. The second-order valence-corrected chi connectivity index (χ2v) is 15.0. The SMILES string of the molecule is C[C@@H]1[C@H](P(P)PP)CCS1(=O)=O. The van der Waals surface area contributed by atoms with Gasteiger partial charge in [0.15, 0.2) is 9.84 Å². The molecule has 0 saturated carbocycles. The number of sulfone groups is 1. The minimum atomic E-state index is -2.73. The summed E-state index contributed by atoms with van der Waals surface area (Å²) < 4.78 is 22.8. The lowest BCUT2D eigenvalue weighted by molar-refractivity contribution is 0.594. The topological polar surface area (TPSA) is 34.1 Å². The highest BCUT2D eigenvalue weighted by Gasteiger charge is 2.38. The molecule has 0 spiro atoms. The zero-order valence-electron chi connectivity index (χ0n) is 6.90. The van der Waals surface area contributed by atoms with Crippen LogP contribution in [0, 0.1) is 0 Å². The molecule has 1 saturated heterocycles. The van der Waals surface area contributed by atoms with E-state index in [0.29, 0.717) is 11.4 Å². The lowest BCUT2D eigenvalue weighted by Crippen LogP contribution is -2.19. The van der Waals surface area contributed by atoms with Crippen molar-refractivity contribution in [3.63, 3.8) is 0 Å². The van der Waals surface area contributed by atoms with Crippen LogP contribution in [-0.2, 0) is 9.84 Å². The Labute approximate surface area is 81.6 Å². The lowest BCUT2D eigenvalue weighted by atomic mass is 10.3. The fourth-order valence-electron chi connectivity index (χ4n) is 1.41. The van der Waals surface area contributed by atoms with Crippen molar-refractivity contribution in [3.8, 4) is 0 Å². The van der Waals surface area contributed by atoms with Gasteiger partial charge in [0.2, 0.25) is 0 Å². The average molecular weight is 262 g/mol. The Morgan fingerprint density at radius 1 is 1.58 bits per heavy atom. The van der Waals surface area contributed by atoms with Crippen molar-refractivity contribution in [2.45, 2.75) is 24.3 Å². The highest BCUT2D eigenvalue weighted by molar-refractivity contribution is 8.61. The minimum Gasteiger partial charge on any atom is -0.229 e. The number of hydrogen-bond acceptors (Lipinski definition) is 2. The first kappa shape index (κ1) is 11.7. The van der Waals surface area contributed by atoms with E-state index in [-0.39, 0.29) is 12.5 Å². The molecule has 1 rings (SSSR count). The van der Waals surface area contributed by atoms with Gasteiger partial charge in [0, 0.05) is 5.66 Å². The van der Waals surface area contributed by atoms with E-state index in [0.717, 1.165) is 14.4 Å². The molecule has 1 heterocycles. The third-order valence-electron chi connectivity index (χ3n) is 2.31. The Bertz CT molecular complexity index is 252. The zero-order valence-corrected chi connectivity index (χ0v) is 11.9. The molecule has 2 nitrogen and oxygen atoms in total. The van der Waals surface area contributed by atoms with Gasteiger partial charge in [0.25, 0.3) is 0 Å². The Hall–Kier alpha value is 1.67. The monoisotopic (exact) mass is 262 g/mol. The average Bonchev–Trinajstić information content (AvgIpc) is 2.27. The normalized spacial score (nSPS) is 37.6. The zero-order chi connectivity index (χ0) is 9.35. The van der Waals surface area contributed by atoms with Gasteiger partial charge in [-0.1, -0.05) is 15.3 Å². The number of hydrogen-bond donors (Lipinski definition) is 0. The van der Waals surface area contributed by atoms with E-state index in [4.69, 9.17) is 0 Å². The summed E-state index contributed by atoms with van der Waals surface area (Å²) in [6, 6.07) is 0. The Balaban J connectivity index is 2.74. The quantitative estimate of drug-likeness (QED) is 0.715. The van der Waals surface area contributed by atoms with Crippen LogP contribution in [0.25, 0.3) is 0 Å². The van der Waals surface area contributed by atoms with E-state index in [9.17, 15) is 8.42 Å². The molecule has 1 aliphatic rings. The van der Waals surface area contributed by atoms with Crippen LogP contribution in [-0.4, -0.2) is 25.1 Å². The largest absolute Gasteiger partial charge is 0.229 e. The molecule has 0 aromatic carbocycles. The van der Waals surface area contributed by atoms with E-state index < -0.39 is 9.84 Å². The van der Waals surface area contributed by atoms with Crippen molar-refractivity contribution in [2.75, 3.05) is 5.75 Å².